The maximum absolute atomic E-state index is 7.11. The summed E-state index contributed by atoms with van der Waals surface area (Å²) in [7, 11) is 0. The number of hydrogen-bond donors (Lipinski definition) is 0. The number of nitrogens with zero attached hydrogens (tertiary/aromatic N) is 2. The number of fused-ring (bicyclic) bond motifs is 7. The first-order valence-corrected chi connectivity index (χ1v) is 18.6. The fourth-order valence-electron chi connectivity index (χ4n) is 8.10. The van der Waals surface area contributed by atoms with Crippen molar-refractivity contribution in [2.75, 3.05) is 0 Å². The molecular weight excluding hydrogens is 633 g/mol. The van der Waals surface area contributed by atoms with Crippen LogP contribution in [0, 0.1) is 0 Å². The summed E-state index contributed by atoms with van der Waals surface area (Å²) in [5, 5.41) is 7.08. The number of hydrogen-bond acceptors (Lipinski definition) is 2. The van der Waals surface area contributed by atoms with Crippen LogP contribution in [0.4, 0.5) is 0 Å². The summed E-state index contributed by atoms with van der Waals surface area (Å²) in [5.74, 6) is 1.50. The second-order valence-electron chi connectivity index (χ2n) is 16.0. The molecule has 0 saturated carbocycles. The molecule has 0 aliphatic carbocycles. The molecule has 0 unspecified atom stereocenters. The number of rotatable bonds is 5. The van der Waals surface area contributed by atoms with Crippen LogP contribution in [0.2, 0.25) is 0 Å². The minimum atomic E-state index is 0.0220. The maximum Gasteiger partial charge on any atom is 0.149 e. The first-order chi connectivity index (χ1) is 25.1. The van der Waals surface area contributed by atoms with Crippen LogP contribution in [0.1, 0.15) is 77.0 Å². The maximum atomic E-state index is 7.11. The van der Waals surface area contributed by atoms with Gasteiger partial charge in [-0.25, -0.2) is 4.98 Å². The zero-order chi connectivity index (χ0) is 35.9. The molecule has 52 heavy (non-hydrogen) atoms. The number of imidazole rings is 1. The van der Waals surface area contributed by atoms with E-state index in [1.807, 2.05) is 0 Å². The predicted molar refractivity (Wildman–Crippen MR) is 221 cm³/mol. The summed E-state index contributed by atoms with van der Waals surface area (Å²) >= 11 is 0. The highest BCUT2D eigenvalue weighted by Crippen LogP contribution is 2.46. The number of furan rings is 1. The fourth-order valence-corrected chi connectivity index (χ4v) is 8.10. The van der Waals surface area contributed by atoms with Crippen molar-refractivity contribution in [3.8, 4) is 28.2 Å². The lowest BCUT2D eigenvalue weighted by molar-refractivity contribution is 0.586. The topological polar surface area (TPSA) is 31.0 Å². The molecule has 7 aromatic carbocycles. The molecule has 0 saturated heterocycles. The third-order valence-electron chi connectivity index (χ3n) is 10.9. The van der Waals surface area contributed by atoms with Gasteiger partial charge in [0.25, 0.3) is 0 Å². The van der Waals surface area contributed by atoms with Crippen molar-refractivity contribution < 1.29 is 4.42 Å². The van der Waals surface area contributed by atoms with Gasteiger partial charge >= 0.3 is 0 Å². The second kappa shape index (κ2) is 12.0. The van der Waals surface area contributed by atoms with Crippen LogP contribution in [0.25, 0.3) is 82.7 Å². The molecule has 0 radical (unpaired) electrons. The summed E-state index contributed by atoms with van der Waals surface area (Å²) in [5.41, 5.74) is 12.4. The van der Waals surface area contributed by atoms with Gasteiger partial charge in [0.2, 0.25) is 0 Å². The molecule has 0 spiro atoms. The molecule has 0 amide bonds. The molecule has 3 heteroatoms. The third-order valence-corrected chi connectivity index (χ3v) is 10.9. The zero-order valence-electron chi connectivity index (χ0n) is 31.1. The molecule has 3 nitrogen and oxygen atoms in total. The Morgan fingerprint density at radius 2 is 1.25 bits per heavy atom. The lowest BCUT2D eigenvalue weighted by Gasteiger charge is -2.28. The van der Waals surface area contributed by atoms with Crippen LogP contribution in [-0.2, 0) is 5.41 Å². The molecule has 0 fully saturated rings. The molecule has 0 aliphatic heterocycles. The largest absolute Gasteiger partial charge is 0.455 e. The van der Waals surface area contributed by atoms with E-state index in [0.29, 0.717) is 11.8 Å². The molecule has 256 valence electrons. The third kappa shape index (κ3) is 5.05. The Morgan fingerprint density at radius 3 is 1.98 bits per heavy atom. The van der Waals surface area contributed by atoms with Crippen molar-refractivity contribution in [2.45, 2.75) is 65.7 Å². The van der Waals surface area contributed by atoms with Gasteiger partial charge in [-0.15, -0.1) is 0 Å². The number of aromatic nitrogens is 2. The summed E-state index contributed by atoms with van der Waals surface area (Å²) < 4.78 is 9.54. The van der Waals surface area contributed by atoms with Gasteiger partial charge in [-0.05, 0) is 96.9 Å². The van der Waals surface area contributed by atoms with Gasteiger partial charge in [-0.3, -0.25) is 4.57 Å². The summed E-state index contributed by atoms with van der Waals surface area (Å²) in [6, 6.07) is 46.3. The SMILES string of the molecule is CC(C)c1cc(C(C)(C)C)cc(C(C)C)c1-n1c(-c2ccc(-c3ccccc3)c3c2oc2cc4c(ccc5ccccc54)cc23)nc2ccccc21. The van der Waals surface area contributed by atoms with E-state index in [9.17, 15) is 0 Å². The van der Waals surface area contributed by atoms with Crippen LogP contribution in [0.5, 0.6) is 0 Å². The van der Waals surface area contributed by atoms with Gasteiger partial charge < -0.3 is 4.42 Å². The molecular formula is C49H44N2O. The van der Waals surface area contributed by atoms with Crippen molar-refractivity contribution >= 4 is 54.5 Å². The Morgan fingerprint density at radius 1 is 0.596 bits per heavy atom. The normalized spacial score (nSPS) is 12.5. The van der Waals surface area contributed by atoms with E-state index < -0.39 is 0 Å². The van der Waals surface area contributed by atoms with Crippen LogP contribution >= 0.6 is 0 Å². The monoisotopic (exact) mass is 676 g/mol. The fraction of sp³-hybridized carbons (Fsp3) is 0.204. The van der Waals surface area contributed by atoms with Crippen LogP contribution in [0.3, 0.4) is 0 Å². The molecule has 2 aromatic heterocycles. The van der Waals surface area contributed by atoms with E-state index in [4.69, 9.17) is 9.40 Å². The predicted octanol–water partition coefficient (Wildman–Crippen LogP) is 14.1. The average molecular weight is 677 g/mol. The first kappa shape index (κ1) is 32.3. The van der Waals surface area contributed by atoms with Gasteiger partial charge in [0.1, 0.15) is 17.0 Å². The van der Waals surface area contributed by atoms with Crippen molar-refractivity contribution in [3.63, 3.8) is 0 Å². The highest BCUT2D eigenvalue weighted by Gasteiger charge is 2.28. The first-order valence-electron chi connectivity index (χ1n) is 18.6. The Hall–Kier alpha value is -5.67. The molecule has 0 N–H and O–H groups in total. The molecule has 2 heterocycles. The minimum Gasteiger partial charge on any atom is -0.455 e. The Bertz CT molecular complexity index is 2800. The zero-order valence-corrected chi connectivity index (χ0v) is 31.1. The van der Waals surface area contributed by atoms with E-state index in [1.54, 1.807) is 0 Å². The molecule has 0 bridgehead atoms. The van der Waals surface area contributed by atoms with Crippen molar-refractivity contribution in [3.05, 3.63) is 144 Å². The lowest BCUT2D eigenvalue weighted by atomic mass is 9.81. The summed E-state index contributed by atoms with van der Waals surface area (Å²) in [4.78, 5) is 5.45. The second-order valence-corrected chi connectivity index (χ2v) is 16.0. The van der Waals surface area contributed by atoms with Crippen molar-refractivity contribution in [1.29, 1.82) is 0 Å². The van der Waals surface area contributed by atoms with Gasteiger partial charge in [-0.1, -0.05) is 146 Å². The van der Waals surface area contributed by atoms with E-state index in [0.717, 1.165) is 55.5 Å². The van der Waals surface area contributed by atoms with E-state index in [2.05, 4.69) is 180 Å². The smallest absolute Gasteiger partial charge is 0.149 e. The van der Waals surface area contributed by atoms with Crippen molar-refractivity contribution in [1.82, 2.24) is 9.55 Å². The Balaban J connectivity index is 1.42. The van der Waals surface area contributed by atoms with Gasteiger partial charge in [0.15, 0.2) is 0 Å². The van der Waals surface area contributed by atoms with E-state index in [-0.39, 0.29) is 5.41 Å². The van der Waals surface area contributed by atoms with Gasteiger partial charge in [0.05, 0.1) is 22.3 Å². The number of para-hydroxylation sites is 2. The summed E-state index contributed by atoms with van der Waals surface area (Å²) in [6.07, 6.45) is 0. The molecule has 0 atom stereocenters. The lowest BCUT2D eigenvalue weighted by Crippen LogP contribution is -2.16. The highest BCUT2D eigenvalue weighted by molar-refractivity contribution is 6.21. The van der Waals surface area contributed by atoms with Crippen LogP contribution in [0.15, 0.2) is 132 Å². The molecule has 9 rings (SSSR count). The van der Waals surface area contributed by atoms with E-state index >= 15 is 0 Å². The van der Waals surface area contributed by atoms with Crippen LogP contribution < -0.4 is 0 Å². The average Bonchev–Trinajstić information content (AvgIpc) is 3.71. The van der Waals surface area contributed by atoms with Gasteiger partial charge in [0, 0.05) is 10.8 Å². The van der Waals surface area contributed by atoms with Gasteiger partial charge in [-0.2, -0.15) is 0 Å². The van der Waals surface area contributed by atoms with Crippen LogP contribution in [-0.4, -0.2) is 9.55 Å². The Kier molecular flexibility index (Phi) is 7.41. The van der Waals surface area contributed by atoms with E-state index in [1.165, 1.54) is 43.9 Å². The highest BCUT2D eigenvalue weighted by atomic mass is 16.3. The summed E-state index contributed by atoms with van der Waals surface area (Å²) in [6.45, 7) is 16.2. The molecule has 9 aromatic rings. The number of benzene rings is 7. The standard InChI is InChI=1S/C49H44N2O/c1-29(2)38-26-34(49(5,6)7)27-39(30(3)4)46(38)51-43-20-14-13-19-42(43)50-48(51)37-24-23-36(31-15-9-8-10-16-31)45-41-25-33-22-21-32-17-11-12-18-35(32)40(33)28-44(41)52-47(37)45/h8-30H,1-7H3. The molecule has 0 aliphatic rings. The van der Waals surface area contributed by atoms with Crippen molar-refractivity contribution in [2.24, 2.45) is 0 Å². The minimum absolute atomic E-state index is 0.0220. The quantitative estimate of drug-likeness (QED) is 0.170. The Labute approximate surface area is 305 Å².